The van der Waals surface area contributed by atoms with Gasteiger partial charge in [-0.3, -0.25) is 0 Å². The molecule has 2 heteroatoms. The number of hydrogen-bond donors (Lipinski definition) is 2. The van der Waals surface area contributed by atoms with Crippen LogP contribution in [0.1, 0.15) is 27.2 Å². The van der Waals surface area contributed by atoms with Gasteiger partial charge in [0.15, 0.2) is 0 Å². The van der Waals surface area contributed by atoms with Gasteiger partial charge >= 0.3 is 0 Å². The van der Waals surface area contributed by atoms with Gasteiger partial charge in [0.25, 0.3) is 0 Å². The monoisotopic (exact) mass is 160 g/mol. The summed E-state index contributed by atoms with van der Waals surface area (Å²) in [5.41, 5.74) is 0. The van der Waals surface area contributed by atoms with Gasteiger partial charge in [0.2, 0.25) is 0 Å². The van der Waals surface area contributed by atoms with Crippen LogP contribution in [0.4, 0.5) is 0 Å². The molecule has 0 aromatic rings. The molecule has 0 fully saturated rings. The highest BCUT2D eigenvalue weighted by Crippen LogP contribution is 2.19. The van der Waals surface area contributed by atoms with Crippen LogP contribution in [-0.2, 0) is 0 Å². The highest BCUT2D eigenvalue weighted by atomic mass is 16.3. The summed E-state index contributed by atoms with van der Waals surface area (Å²) in [6, 6.07) is 0. The van der Waals surface area contributed by atoms with Crippen LogP contribution in [0.3, 0.4) is 0 Å². The van der Waals surface area contributed by atoms with E-state index in [-0.39, 0.29) is 19.1 Å². The number of hydrogen-bond acceptors (Lipinski definition) is 2. The minimum atomic E-state index is 0.0670. The van der Waals surface area contributed by atoms with Crippen molar-refractivity contribution in [2.24, 2.45) is 17.8 Å². The van der Waals surface area contributed by atoms with E-state index < -0.39 is 0 Å². The van der Waals surface area contributed by atoms with Gasteiger partial charge in [-0.2, -0.15) is 0 Å². The van der Waals surface area contributed by atoms with Gasteiger partial charge < -0.3 is 10.2 Å². The third-order valence-corrected chi connectivity index (χ3v) is 2.12. The van der Waals surface area contributed by atoms with Crippen molar-refractivity contribution in [3.63, 3.8) is 0 Å². The van der Waals surface area contributed by atoms with Crippen LogP contribution in [0.15, 0.2) is 0 Å². The number of aliphatic hydroxyl groups excluding tert-OH is 2. The Bertz CT molecular complexity index is 87.6. The molecule has 11 heavy (non-hydrogen) atoms. The Morgan fingerprint density at radius 1 is 1.00 bits per heavy atom. The second-order valence-electron chi connectivity index (χ2n) is 3.73. The van der Waals surface area contributed by atoms with Gasteiger partial charge in [-0.15, -0.1) is 0 Å². The fourth-order valence-corrected chi connectivity index (χ4v) is 1.35. The van der Waals surface area contributed by atoms with E-state index in [0.717, 1.165) is 6.42 Å². The highest BCUT2D eigenvalue weighted by molar-refractivity contribution is 4.65. The summed E-state index contributed by atoms with van der Waals surface area (Å²) in [6.45, 7) is 6.59. The van der Waals surface area contributed by atoms with Crippen LogP contribution < -0.4 is 0 Å². The molecular formula is C9H20O2. The van der Waals surface area contributed by atoms with E-state index in [1.165, 1.54) is 0 Å². The molecule has 2 nitrogen and oxygen atoms in total. The van der Waals surface area contributed by atoms with E-state index in [1.54, 1.807) is 0 Å². The van der Waals surface area contributed by atoms with E-state index in [2.05, 4.69) is 20.8 Å². The molecule has 0 aliphatic rings. The topological polar surface area (TPSA) is 40.5 Å². The van der Waals surface area contributed by atoms with Gasteiger partial charge in [-0.1, -0.05) is 20.8 Å². The Morgan fingerprint density at radius 3 is 1.73 bits per heavy atom. The summed E-state index contributed by atoms with van der Waals surface area (Å²) in [5, 5.41) is 17.7. The van der Waals surface area contributed by atoms with Gasteiger partial charge in [-0.25, -0.2) is 0 Å². The summed E-state index contributed by atoms with van der Waals surface area (Å²) >= 11 is 0. The fourth-order valence-electron chi connectivity index (χ4n) is 1.35. The van der Waals surface area contributed by atoms with Gasteiger partial charge in [-0.05, 0) is 18.3 Å². The van der Waals surface area contributed by atoms with Crippen molar-refractivity contribution in [3.8, 4) is 0 Å². The van der Waals surface area contributed by atoms with E-state index in [1.807, 2.05) is 0 Å². The van der Waals surface area contributed by atoms with Gasteiger partial charge in [0, 0.05) is 19.1 Å². The second-order valence-corrected chi connectivity index (χ2v) is 3.73. The summed E-state index contributed by atoms with van der Waals surface area (Å²) in [4.78, 5) is 0. The molecule has 2 N–H and O–H groups in total. The lowest BCUT2D eigenvalue weighted by Gasteiger charge is -2.21. The fraction of sp³-hybridized carbons (Fsp3) is 1.00. The molecule has 0 aromatic heterocycles. The second kappa shape index (κ2) is 5.56. The molecule has 0 spiro atoms. The first-order chi connectivity index (χ1) is 5.11. The Kier molecular flexibility index (Phi) is 5.51. The smallest absolute Gasteiger partial charge is 0.0483 e. The summed E-state index contributed by atoms with van der Waals surface area (Å²) in [6.07, 6.45) is 1.08. The van der Waals surface area contributed by atoms with Crippen molar-refractivity contribution in [2.45, 2.75) is 27.2 Å². The molecule has 0 aliphatic heterocycles. The minimum Gasteiger partial charge on any atom is -0.396 e. The third kappa shape index (κ3) is 4.38. The Hall–Kier alpha value is -0.0800. The maximum Gasteiger partial charge on any atom is 0.0483 e. The van der Waals surface area contributed by atoms with Crippen molar-refractivity contribution in [2.75, 3.05) is 13.2 Å². The molecule has 0 radical (unpaired) electrons. The van der Waals surface area contributed by atoms with Crippen LogP contribution in [0.25, 0.3) is 0 Å². The third-order valence-electron chi connectivity index (χ3n) is 2.12. The summed E-state index contributed by atoms with van der Waals surface area (Å²) in [7, 11) is 0. The van der Waals surface area contributed by atoms with Crippen LogP contribution >= 0.6 is 0 Å². The number of rotatable bonds is 5. The lowest BCUT2D eigenvalue weighted by molar-refractivity contribution is 0.104. The first-order valence-electron chi connectivity index (χ1n) is 4.33. The SMILES string of the molecule is CC(C)C[C@@H](C)C(CO)CO. The summed E-state index contributed by atoms with van der Waals surface area (Å²) in [5.74, 6) is 1.13. The first kappa shape index (κ1) is 10.9. The standard InChI is InChI=1S/C9H20O2/c1-7(2)4-8(3)9(5-10)6-11/h7-11H,4-6H2,1-3H3/t8-/m1/s1. The summed E-state index contributed by atoms with van der Waals surface area (Å²) < 4.78 is 0. The Balaban J connectivity index is 3.68. The van der Waals surface area contributed by atoms with E-state index in [9.17, 15) is 0 Å². The zero-order valence-corrected chi connectivity index (χ0v) is 7.75. The average Bonchev–Trinajstić information content (AvgIpc) is 1.88. The van der Waals surface area contributed by atoms with Crippen LogP contribution in [0, 0.1) is 17.8 Å². The van der Waals surface area contributed by atoms with Gasteiger partial charge in [0.1, 0.15) is 0 Å². The largest absolute Gasteiger partial charge is 0.396 e. The molecule has 0 bridgehead atoms. The highest BCUT2D eigenvalue weighted by Gasteiger charge is 2.15. The molecule has 0 saturated carbocycles. The zero-order chi connectivity index (χ0) is 8.85. The Labute approximate surface area is 69.2 Å². The minimum absolute atomic E-state index is 0.0670. The van der Waals surface area contributed by atoms with Crippen molar-refractivity contribution in [3.05, 3.63) is 0 Å². The van der Waals surface area contributed by atoms with Crippen LogP contribution in [0.5, 0.6) is 0 Å². The lowest BCUT2D eigenvalue weighted by atomic mass is 9.88. The molecular weight excluding hydrogens is 140 g/mol. The average molecular weight is 160 g/mol. The van der Waals surface area contributed by atoms with Crippen molar-refractivity contribution >= 4 is 0 Å². The Morgan fingerprint density at radius 2 is 1.45 bits per heavy atom. The molecule has 0 heterocycles. The van der Waals surface area contributed by atoms with E-state index >= 15 is 0 Å². The van der Waals surface area contributed by atoms with E-state index in [0.29, 0.717) is 11.8 Å². The molecule has 1 atom stereocenters. The van der Waals surface area contributed by atoms with Crippen molar-refractivity contribution in [1.82, 2.24) is 0 Å². The quantitative estimate of drug-likeness (QED) is 0.636. The zero-order valence-electron chi connectivity index (χ0n) is 7.75. The molecule has 0 amide bonds. The molecule has 0 saturated heterocycles. The van der Waals surface area contributed by atoms with Crippen LogP contribution in [0.2, 0.25) is 0 Å². The predicted octanol–water partition coefficient (Wildman–Crippen LogP) is 1.27. The lowest BCUT2D eigenvalue weighted by Crippen LogP contribution is -2.21. The molecule has 0 unspecified atom stereocenters. The van der Waals surface area contributed by atoms with Gasteiger partial charge in [0.05, 0.1) is 0 Å². The molecule has 68 valence electrons. The van der Waals surface area contributed by atoms with Crippen LogP contribution in [-0.4, -0.2) is 23.4 Å². The molecule has 0 aliphatic carbocycles. The normalized spacial score (nSPS) is 14.5. The van der Waals surface area contributed by atoms with Crippen molar-refractivity contribution < 1.29 is 10.2 Å². The molecule has 0 aromatic carbocycles. The maximum atomic E-state index is 8.85. The first-order valence-corrected chi connectivity index (χ1v) is 4.33. The molecule has 0 rings (SSSR count). The maximum absolute atomic E-state index is 8.85. The van der Waals surface area contributed by atoms with Crippen molar-refractivity contribution in [1.29, 1.82) is 0 Å². The number of aliphatic hydroxyl groups is 2. The van der Waals surface area contributed by atoms with E-state index in [4.69, 9.17) is 10.2 Å². The predicted molar refractivity (Wildman–Crippen MR) is 46.3 cm³/mol.